The molecule has 0 aliphatic heterocycles. The first kappa shape index (κ1) is 11.2. The van der Waals surface area contributed by atoms with Crippen LogP contribution in [0.2, 0.25) is 0 Å². The van der Waals surface area contributed by atoms with Crippen LogP contribution < -0.4 is 5.84 Å². The monoisotopic (exact) mass is 280 g/mol. The SMILES string of the molecule is Cc1nsc(Sc2nnc(-c3ccco3)n2N)n1. The second kappa shape index (κ2) is 4.42. The Morgan fingerprint density at radius 2 is 2.33 bits per heavy atom. The minimum Gasteiger partial charge on any atom is -0.461 e. The molecule has 0 radical (unpaired) electrons. The number of nitrogens with zero attached hydrogens (tertiary/aromatic N) is 5. The summed E-state index contributed by atoms with van der Waals surface area (Å²) in [5.41, 5.74) is 0. The zero-order valence-corrected chi connectivity index (χ0v) is 10.9. The molecule has 2 N–H and O–H groups in total. The number of hydrogen-bond acceptors (Lipinski definition) is 8. The van der Waals surface area contributed by atoms with E-state index in [1.54, 1.807) is 18.4 Å². The molecule has 3 aromatic rings. The lowest BCUT2D eigenvalue weighted by molar-refractivity contribution is 0.574. The zero-order valence-electron chi connectivity index (χ0n) is 9.27. The standard InChI is InChI=1S/C9H8N6OS2/c1-5-11-9(18-14-5)17-8-13-12-7(15(8)10)6-3-2-4-16-6/h2-4H,10H2,1H3. The second-order valence-corrected chi connectivity index (χ2v) is 5.33. The number of rotatable bonds is 3. The molecule has 7 nitrogen and oxygen atoms in total. The van der Waals surface area contributed by atoms with Crippen LogP contribution in [-0.4, -0.2) is 24.2 Å². The Labute approximate surface area is 110 Å². The average molecular weight is 280 g/mol. The fourth-order valence-corrected chi connectivity index (χ4v) is 2.83. The highest BCUT2D eigenvalue weighted by Crippen LogP contribution is 2.28. The van der Waals surface area contributed by atoms with E-state index in [1.165, 1.54) is 28.0 Å². The number of nitrogens with two attached hydrogens (primary N) is 1. The van der Waals surface area contributed by atoms with Gasteiger partial charge in [-0.2, -0.15) is 4.37 Å². The number of hydrogen-bond donors (Lipinski definition) is 1. The highest BCUT2D eigenvalue weighted by molar-refractivity contribution is 8.00. The Hall–Kier alpha value is -1.87. The van der Waals surface area contributed by atoms with Crippen LogP contribution in [0.5, 0.6) is 0 Å². The molecule has 0 saturated carbocycles. The Balaban J connectivity index is 1.90. The Bertz CT molecular complexity index is 658. The van der Waals surface area contributed by atoms with Crippen LogP contribution in [0.4, 0.5) is 0 Å². The smallest absolute Gasteiger partial charge is 0.218 e. The quantitative estimate of drug-likeness (QED) is 0.727. The first-order chi connectivity index (χ1) is 8.74. The van der Waals surface area contributed by atoms with Gasteiger partial charge in [-0.3, -0.25) is 0 Å². The molecule has 0 atom stereocenters. The predicted molar refractivity (Wildman–Crippen MR) is 66.6 cm³/mol. The van der Waals surface area contributed by atoms with E-state index < -0.39 is 0 Å². The normalized spacial score (nSPS) is 10.9. The van der Waals surface area contributed by atoms with Gasteiger partial charge in [0.1, 0.15) is 5.82 Å². The minimum absolute atomic E-state index is 0.476. The van der Waals surface area contributed by atoms with Gasteiger partial charge >= 0.3 is 0 Å². The van der Waals surface area contributed by atoms with Crippen LogP contribution in [0, 0.1) is 6.92 Å². The maximum absolute atomic E-state index is 5.92. The maximum atomic E-state index is 5.92. The van der Waals surface area contributed by atoms with Crippen LogP contribution in [0.15, 0.2) is 32.3 Å². The molecule has 3 heterocycles. The van der Waals surface area contributed by atoms with Crippen molar-refractivity contribution in [2.24, 2.45) is 0 Å². The van der Waals surface area contributed by atoms with E-state index in [1.807, 2.05) is 6.92 Å². The molecule has 0 fully saturated rings. The Kier molecular flexibility index (Phi) is 2.76. The minimum atomic E-state index is 0.476. The number of aromatic nitrogens is 5. The molecular weight excluding hydrogens is 272 g/mol. The third-order valence-electron chi connectivity index (χ3n) is 2.09. The number of aryl methyl sites for hydroxylation is 1. The molecule has 9 heteroatoms. The van der Waals surface area contributed by atoms with Crippen molar-refractivity contribution in [2.75, 3.05) is 5.84 Å². The summed E-state index contributed by atoms with van der Waals surface area (Å²) in [6.07, 6.45) is 1.56. The topological polar surface area (TPSA) is 95.7 Å². The van der Waals surface area contributed by atoms with Gasteiger partial charge in [-0.05, 0) is 42.4 Å². The second-order valence-electron chi connectivity index (χ2n) is 3.36. The summed E-state index contributed by atoms with van der Waals surface area (Å²) in [5, 5.41) is 8.54. The van der Waals surface area contributed by atoms with Crippen molar-refractivity contribution in [1.29, 1.82) is 0 Å². The summed E-state index contributed by atoms with van der Waals surface area (Å²) in [6.45, 7) is 1.84. The number of nitrogen functional groups attached to an aromatic ring is 1. The summed E-state index contributed by atoms with van der Waals surface area (Å²) >= 11 is 2.62. The van der Waals surface area contributed by atoms with Crippen LogP contribution in [0.25, 0.3) is 11.6 Å². The summed E-state index contributed by atoms with van der Waals surface area (Å²) in [6, 6.07) is 3.54. The van der Waals surface area contributed by atoms with E-state index in [0.29, 0.717) is 16.7 Å². The summed E-state index contributed by atoms with van der Waals surface area (Å²) in [4.78, 5) is 4.23. The first-order valence-electron chi connectivity index (χ1n) is 4.96. The zero-order chi connectivity index (χ0) is 12.5. The van der Waals surface area contributed by atoms with Gasteiger partial charge in [-0.25, -0.2) is 9.66 Å². The van der Waals surface area contributed by atoms with Crippen molar-refractivity contribution < 1.29 is 4.42 Å². The molecular formula is C9H8N6OS2. The van der Waals surface area contributed by atoms with E-state index >= 15 is 0 Å². The van der Waals surface area contributed by atoms with Crippen LogP contribution in [0.3, 0.4) is 0 Å². The van der Waals surface area contributed by atoms with Crippen molar-refractivity contribution in [3.8, 4) is 11.6 Å². The first-order valence-corrected chi connectivity index (χ1v) is 6.55. The van der Waals surface area contributed by atoms with E-state index in [4.69, 9.17) is 10.3 Å². The Morgan fingerprint density at radius 1 is 1.44 bits per heavy atom. The summed E-state index contributed by atoms with van der Waals surface area (Å²) < 4.78 is 11.5. The van der Waals surface area contributed by atoms with E-state index in [2.05, 4.69) is 19.6 Å². The van der Waals surface area contributed by atoms with Gasteiger partial charge in [-0.1, -0.05) is 0 Å². The van der Waals surface area contributed by atoms with Crippen LogP contribution in [-0.2, 0) is 0 Å². The van der Waals surface area contributed by atoms with Gasteiger partial charge in [0.15, 0.2) is 10.1 Å². The van der Waals surface area contributed by atoms with Crippen LogP contribution in [0.1, 0.15) is 5.82 Å². The van der Waals surface area contributed by atoms with Gasteiger partial charge in [0, 0.05) is 0 Å². The molecule has 0 spiro atoms. The summed E-state index contributed by atoms with van der Waals surface area (Å²) in [5.74, 6) is 7.70. The maximum Gasteiger partial charge on any atom is 0.218 e. The van der Waals surface area contributed by atoms with Crippen molar-refractivity contribution in [2.45, 2.75) is 16.4 Å². The molecule has 92 valence electrons. The number of furan rings is 1. The van der Waals surface area contributed by atoms with Gasteiger partial charge in [0.25, 0.3) is 0 Å². The van der Waals surface area contributed by atoms with Crippen molar-refractivity contribution in [3.63, 3.8) is 0 Å². The highest BCUT2D eigenvalue weighted by atomic mass is 32.2. The average Bonchev–Trinajstić information content (AvgIpc) is 3.04. The summed E-state index contributed by atoms with van der Waals surface area (Å²) in [7, 11) is 0. The third kappa shape index (κ3) is 1.97. The molecule has 0 bridgehead atoms. The van der Waals surface area contributed by atoms with Gasteiger partial charge in [0.05, 0.1) is 6.26 Å². The lowest BCUT2D eigenvalue weighted by atomic mass is 10.4. The van der Waals surface area contributed by atoms with E-state index in [-0.39, 0.29) is 0 Å². The lowest BCUT2D eigenvalue weighted by Gasteiger charge is -1.98. The van der Waals surface area contributed by atoms with Gasteiger partial charge < -0.3 is 10.3 Å². The largest absolute Gasteiger partial charge is 0.461 e. The molecule has 3 rings (SSSR count). The third-order valence-corrected chi connectivity index (χ3v) is 3.90. The fraction of sp³-hybridized carbons (Fsp3) is 0.111. The van der Waals surface area contributed by atoms with Crippen molar-refractivity contribution in [3.05, 3.63) is 24.2 Å². The fourth-order valence-electron chi connectivity index (χ4n) is 1.32. The molecule has 18 heavy (non-hydrogen) atoms. The van der Waals surface area contributed by atoms with Gasteiger partial charge in [-0.15, -0.1) is 10.2 Å². The van der Waals surface area contributed by atoms with Gasteiger partial charge in [0.2, 0.25) is 11.0 Å². The molecule has 0 amide bonds. The molecule has 0 saturated heterocycles. The molecule has 0 aliphatic carbocycles. The van der Waals surface area contributed by atoms with E-state index in [0.717, 1.165) is 10.2 Å². The highest BCUT2D eigenvalue weighted by Gasteiger charge is 2.16. The van der Waals surface area contributed by atoms with E-state index in [9.17, 15) is 0 Å². The predicted octanol–water partition coefficient (Wildman–Crippen LogP) is 1.56. The molecule has 3 aromatic heterocycles. The van der Waals surface area contributed by atoms with Crippen molar-refractivity contribution >= 4 is 23.3 Å². The Morgan fingerprint density at radius 3 is 3.00 bits per heavy atom. The van der Waals surface area contributed by atoms with Crippen molar-refractivity contribution in [1.82, 2.24) is 24.2 Å². The molecule has 0 unspecified atom stereocenters. The van der Waals surface area contributed by atoms with Crippen LogP contribution >= 0.6 is 23.3 Å². The molecule has 0 aliphatic rings. The lowest BCUT2D eigenvalue weighted by Crippen LogP contribution is -2.11. The molecule has 0 aromatic carbocycles.